The first kappa shape index (κ1) is 13.9. The van der Waals surface area contributed by atoms with Crippen molar-refractivity contribution in [3.05, 3.63) is 29.3 Å². The lowest BCUT2D eigenvalue weighted by molar-refractivity contribution is -0.141. The minimum absolute atomic E-state index is 0.287. The number of ketones is 1. The predicted molar refractivity (Wildman–Crippen MR) is 64.4 cm³/mol. The maximum Gasteiger partial charge on any atom is 0.389 e. The molecule has 1 aliphatic carbocycles. The molecule has 0 aliphatic heterocycles. The van der Waals surface area contributed by atoms with Crippen LogP contribution in [0.3, 0.4) is 0 Å². The minimum Gasteiger partial charge on any atom is -0.497 e. The molecule has 2 nitrogen and oxygen atoms in total. The van der Waals surface area contributed by atoms with Crippen LogP contribution in [0.25, 0.3) is 0 Å². The Hall–Kier alpha value is -1.52. The topological polar surface area (TPSA) is 26.3 Å². The molecule has 1 aromatic rings. The van der Waals surface area contributed by atoms with E-state index in [1.54, 1.807) is 18.2 Å². The van der Waals surface area contributed by atoms with Gasteiger partial charge in [0, 0.05) is 11.5 Å². The summed E-state index contributed by atoms with van der Waals surface area (Å²) in [4.78, 5) is 12.2. The molecule has 0 saturated carbocycles. The Labute approximate surface area is 109 Å². The number of aryl methyl sites for hydroxylation is 1. The van der Waals surface area contributed by atoms with Crippen molar-refractivity contribution in [1.82, 2.24) is 0 Å². The van der Waals surface area contributed by atoms with Crippen LogP contribution in [-0.4, -0.2) is 19.1 Å². The molecule has 0 saturated heterocycles. The summed E-state index contributed by atoms with van der Waals surface area (Å²) < 4.78 is 42.5. The monoisotopic (exact) mass is 272 g/mol. The maximum atomic E-state index is 12.5. The number of benzene rings is 1. The van der Waals surface area contributed by atoms with E-state index in [2.05, 4.69) is 0 Å². The minimum atomic E-state index is -4.29. The highest BCUT2D eigenvalue weighted by Gasteiger charge is 2.36. The summed E-state index contributed by atoms with van der Waals surface area (Å²) in [5.41, 5.74) is 1.20. The summed E-state index contributed by atoms with van der Waals surface area (Å²) in [6.45, 7) is 0. The summed E-state index contributed by atoms with van der Waals surface area (Å²) in [5, 5.41) is 0. The van der Waals surface area contributed by atoms with E-state index in [-0.39, 0.29) is 6.42 Å². The number of fused-ring (bicyclic) bond motifs is 1. The summed E-state index contributed by atoms with van der Waals surface area (Å²) in [6, 6.07) is 4.93. The number of Topliss-reactive ketones (excluding diaryl/α,β-unsaturated/α-hetero) is 1. The number of hydrogen-bond donors (Lipinski definition) is 0. The Bertz CT molecular complexity index is 480. The van der Waals surface area contributed by atoms with E-state index < -0.39 is 24.3 Å². The number of halogens is 3. The van der Waals surface area contributed by atoms with Crippen LogP contribution in [0.5, 0.6) is 5.75 Å². The third-order valence-corrected chi connectivity index (χ3v) is 3.43. The van der Waals surface area contributed by atoms with Crippen molar-refractivity contribution in [3.63, 3.8) is 0 Å². The van der Waals surface area contributed by atoms with Crippen LogP contribution < -0.4 is 4.74 Å². The van der Waals surface area contributed by atoms with Gasteiger partial charge in [-0.1, -0.05) is 0 Å². The number of hydrogen-bond acceptors (Lipinski definition) is 2. The van der Waals surface area contributed by atoms with Crippen molar-refractivity contribution in [3.8, 4) is 5.75 Å². The van der Waals surface area contributed by atoms with Gasteiger partial charge in [0.2, 0.25) is 0 Å². The molecule has 0 amide bonds. The molecular weight excluding hydrogens is 257 g/mol. The summed E-state index contributed by atoms with van der Waals surface area (Å²) in [5.74, 6) is -0.719. The van der Waals surface area contributed by atoms with Gasteiger partial charge in [-0.25, -0.2) is 0 Å². The largest absolute Gasteiger partial charge is 0.497 e. The second-order valence-electron chi connectivity index (χ2n) is 4.80. The molecule has 0 N–H and O–H groups in total. The normalized spacial score (nSPS) is 19.8. The van der Waals surface area contributed by atoms with Crippen LogP contribution in [-0.2, 0) is 6.42 Å². The first-order chi connectivity index (χ1) is 8.90. The average Bonchev–Trinajstić information content (AvgIpc) is 2.48. The molecule has 1 aromatic carbocycles. The number of rotatable bonds is 2. The van der Waals surface area contributed by atoms with Crippen molar-refractivity contribution < 1.29 is 22.7 Å². The Morgan fingerprint density at radius 1 is 1.37 bits per heavy atom. The van der Waals surface area contributed by atoms with Crippen LogP contribution in [0.4, 0.5) is 13.2 Å². The van der Waals surface area contributed by atoms with E-state index in [9.17, 15) is 18.0 Å². The molecule has 0 spiro atoms. The second-order valence-corrected chi connectivity index (χ2v) is 4.80. The molecule has 1 unspecified atom stereocenters. The van der Waals surface area contributed by atoms with Gasteiger partial charge in [-0.05, 0) is 43.0 Å². The van der Waals surface area contributed by atoms with Crippen LogP contribution in [0, 0.1) is 5.92 Å². The zero-order valence-electron chi connectivity index (χ0n) is 10.6. The van der Waals surface area contributed by atoms with Gasteiger partial charge in [-0.15, -0.1) is 0 Å². The number of ether oxygens (including phenoxy) is 1. The fourth-order valence-corrected chi connectivity index (χ4v) is 2.51. The van der Waals surface area contributed by atoms with E-state index in [0.717, 1.165) is 5.56 Å². The Morgan fingerprint density at radius 3 is 2.74 bits per heavy atom. The molecule has 1 aliphatic rings. The molecule has 0 heterocycles. The van der Waals surface area contributed by atoms with Gasteiger partial charge in [0.05, 0.1) is 13.5 Å². The highest BCUT2D eigenvalue weighted by molar-refractivity contribution is 5.99. The molecule has 0 fully saturated rings. The lowest BCUT2D eigenvalue weighted by Gasteiger charge is -2.15. The quantitative estimate of drug-likeness (QED) is 0.766. The lowest BCUT2D eigenvalue weighted by atomic mass is 9.92. The van der Waals surface area contributed by atoms with Crippen LogP contribution in [0.2, 0.25) is 0 Å². The van der Waals surface area contributed by atoms with Crippen molar-refractivity contribution in [2.75, 3.05) is 7.11 Å². The standard InChI is InChI=1S/C14H15F3O2/c1-19-11-5-6-12-9(7-11)3-2-4-10(13(12)18)8-14(15,16)17/h5-7,10H,2-4,8H2,1H3. The molecule has 0 aromatic heterocycles. The van der Waals surface area contributed by atoms with Gasteiger partial charge in [0.15, 0.2) is 5.78 Å². The third-order valence-electron chi connectivity index (χ3n) is 3.43. The zero-order chi connectivity index (χ0) is 14.0. The first-order valence-corrected chi connectivity index (χ1v) is 6.18. The Kier molecular flexibility index (Phi) is 3.83. The van der Waals surface area contributed by atoms with E-state index in [1.165, 1.54) is 7.11 Å². The highest BCUT2D eigenvalue weighted by Crippen LogP contribution is 2.34. The van der Waals surface area contributed by atoms with Crippen LogP contribution >= 0.6 is 0 Å². The third kappa shape index (κ3) is 3.28. The molecule has 1 atom stereocenters. The molecule has 104 valence electrons. The molecule has 5 heteroatoms. The summed E-state index contributed by atoms with van der Waals surface area (Å²) >= 11 is 0. The van der Waals surface area contributed by atoms with Gasteiger partial charge in [-0.2, -0.15) is 13.2 Å². The summed E-state index contributed by atoms with van der Waals surface area (Å²) in [6.07, 6.45) is -3.83. The van der Waals surface area contributed by atoms with Crippen molar-refractivity contribution in [2.45, 2.75) is 31.9 Å². The first-order valence-electron chi connectivity index (χ1n) is 6.18. The average molecular weight is 272 g/mol. The predicted octanol–water partition coefficient (Wildman–Crippen LogP) is 3.78. The van der Waals surface area contributed by atoms with Crippen molar-refractivity contribution in [2.24, 2.45) is 5.92 Å². The number of carbonyl (C=O) groups excluding carboxylic acids is 1. The molecule has 0 radical (unpaired) electrons. The zero-order valence-corrected chi connectivity index (χ0v) is 10.6. The summed E-state index contributed by atoms with van der Waals surface area (Å²) in [7, 11) is 1.52. The number of carbonyl (C=O) groups is 1. The van der Waals surface area contributed by atoms with Gasteiger partial charge in [-0.3, -0.25) is 4.79 Å². The second kappa shape index (κ2) is 5.23. The van der Waals surface area contributed by atoms with E-state index in [1.807, 2.05) is 0 Å². The smallest absolute Gasteiger partial charge is 0.389 e. The number of methoxy groups -OCH3 is 1. The highest BCUT2D eigenvalue weighted by atomic mass is 19.4. The van der Waals surface area contributed by atoms with Gasteiger partial charge in [0.25, 0.3) is 0 Å². The van der Waals surface area contributed by atoms with Crippen molar-refractivity contribution >= 4 is 5.78 Å². The fourth-order valence-electron chi connectivity index (χ4n) is 2.51. The number of alkyl halides is 3. The molecule has 0 bridgehead atoms. The maximum absolute atomic E-state index is 12.5. The van der Waals surface area contributed by atoms with Gasteiger partial charge in [0.1, 0.15) is 5.75 Å². The lowest BCUT2D eigenvalue weighted by Crippen LogP contribution is -2.22. The van der Waals surface area contributed by atoms with E-state index in [0.29, 0.717) is 24.2 Å². The van der Waals surface area contributed by atoms with E-state index in [4.69, 9.17) is 4.74 Å². The molecular formula is C14H15F3O2. The van der Waals surface area contributed by atoms with Crippen LogP contribution in [0.1, 0.15) is 35.2 Å². The van der Waals surface area contributed by atoms with Gasteiger partial charge < -0.3 is 4.74 Å². The Morgan fingerprint density at radius 2 is 2.11 bits per heavy atom. The molecule has 2 rings (SSSR count). The van der Waals surface area contributed by atoms with Crippen LogP contribution in [0.15, 0.2) is 18.2 Å². The van der Waals surface area contributed by atoms with Crippen molar-refractivity contribution in [1.29, 1.82) is 0 Å². The Balaban J connectivity index is 2.29. The van der Waals surface area contributed by atoms with E-state index >= 15 is 0 Å². The molecule has 19 heavy (non-hydrogen) atoms. The SMILES string of the molecule is COc1ccc2c(c1)CCCC(CC(F)(F)F)C2=O. The fraction of sp³-hybridized carbons (Fsp3) is 0.500. The van der Waals surface area contributed by atoms with Gasteiger partial charge >= 0.3 is 6.18 Å².